The molecular formula is C35H49N2NiP. The summed E-state index contributed by atoms with van der Waals surface area (Å²) in [7, 11) is 1.90. The van der Waals surface area contributed by atoms with Crippen LogP contribution >= 0.6 is 9.24 Å². The number of aliphatic imine (C=N–C) groups is 1. The molecule has 1 atom stereocenters. The molecule has 0 aliphatic carbocycles. The molecule has 3 aromatic rings. The van der Waals surface area contributed by atoms with Gasteiger partial charge in [-0.3, -0.25) is 4.99 Å². The van der Waals surface area contributed by atoms with E-state index in [2.05, 4.69) is 124 Å². The smallest absolute Gasteiger partial charge is 0.0865 e. The van der Waals surface area contributed by atoms with Gasteiger partial charge in [-0.05, 0) is 53.9 Å². The molecule has 0 spiro atoms. The van der Waals surface area contributed by atoms with Crippen LogP contribution in [0, 0.1) is 0 Å². The number of hydrogen-bond acceptors (Lipinski definition) is 1. The zero-order valence-electron chi connectivity index (χ0n) is 25.7. The molecule has 2 nitrogen and oxygen atoms in total. The Bertz CT molecular complexity index is 1170. The SMILES string of the molecule is CC(/C=C(/C)[N-]c1c(C(C)C)cccc1C(C)C)=Nc1c(C(C)C)cccc1C(C)C.[Ni].[PH3+]c1ccccc1. The molecule has 4 heteroatoms. The van der Waals surface area contributed by atoms with Crippen LogP contribution in [0.4, 0.5) is 11.4 Å². The van der Waals surface area contributed by atoms with Gasteiger partial charge >= 0.3 is 0 Å². The van der Waals surface area contributed by atoms with Crippen molar-refractivity contribution in [3.05, 3.63) is 106 Å². The molecule has 0 saturated carbocycles. The minimum atomic E-state index is 0. The van der Waals surface area contributed by atoms with Crippen molar-refractivity contribution in [1.29, 1.82) is 0 Å². The van der Waals surface area contributed by atoms with Gasteiger partial charge in [-0.2, -0.15) is 5.70 Å². The second-order valence-corrected chi connectivity index (χ2v) is 12.1. The van der Waals surface area contributed by atoms with Crippen molar-refractivity contribution in [2.45, 2.75) is 92.9 Å². The van der Waals surface area contributed by atoms with Crippen molar-refractivity contribution in [2.75, 3.05) is 0 Å². The third-order valence-electron chi connectivity index (χ3n) is 6.52. The van der Waals surface area contributed by atoms with Gasteiger partial charge in [-0.25, -0.2) is 0 Å². The number of nitrogens with zero attached hydrogens (tertiary/aromatic N) is 2. The van der Waals surface area contributed by atoms with E-state index in [9.17, 15) is 0 Å². The predicted octanol–water partition coefficient (Wildman–Crippen LogP) is 10.8. The number of hydrogen-bond donors (Lipinski definition) is 0. The Morgan fingerprint density at radius 3 is 1.41 bits per heavy atom. The molecule has 0 aromatic heterocycles. The molecule has 214 valence electrons. The van der Waals surface area contributed by atoms with Gasteiger partial charge < -0.3 is 5.32 Å². The maximum Gasteiger partial charge on any atom is 0.0865 e. The summed E-state index contributed by atoms with van der Waals surface area (Å²) in [6.45, 7) is 22.1. The van der Waals surface area contributed by atoms with E-state index in [4.69, 9.17) is 10.3 Å². The van der Waals surface area contributed by atoms with E-state index in [1.165, 1.54) is 27.6 Å². The van der Waals surface area contributed by atoms with Gasteiger partial charge in [-0.1, -0.05) is 134 Å². The minimum absolute atomic E-state index is 0. The number of para-hydroxylation sites is 2. The molecule has 3 aromatic carbocycles. The molecule has 0 radical (unpaired) electrons. The average Bonchev–Trinajstić information content (AvgIpc) is 2.84. The van der Waals surface area contributed by atoms with Gasteiger partial charge in [0.1, 0.15) is 0 Å². The summed E-state index contributed by atoms with van der Waals surface area (Å²) in [5.74, 6) is 1.75. The van der Waals surface area contributed by atoms with Crippen LogP contribution in [-0.2, 0) is 16.5 Å². The van der Waals surface area contributed by atoms with Crippen molar-refractivity contribution >= 4 is 31.6 Å². The van der Waals surface area contributed by atoms with Crippen molar-refractivity contribution in [2.24, 2.45) is 4.99 Å². The minimum Gasteiger partial charge on any atom is -0.661 e. The first kappa shape index (κ1) is 34.8. The predicted molar refractivity (Wildman–Crippen MR) is 176 cm³/mol. The molecule has 0 aliphatic heterocycles. The van der Waals surface area contributed by atoms with Crippen LogP contribution in [0.15, 0.2) is 83.5 Å². The fraction of sp³-hybridized carbons (Fsp3) is 0.400. The van der Waals surface area contributed by atoms with Crippen molar-refractivity contribution in [3.63, 3.8) is 0 Å². The number of rotatable bonds is 8. The maximum absolute atomic E-state index is 5.08. The van der Waals surface area contributed by atoms with Gasteiger partial charge in [-0.15, -0.1) is 5.69 Å². The van der Waals surface area contributed by atoms with Crippen LogP contribution in [0.2, 0.25) is 0 Å². The first-order valence-corrected chi connectivity index (χ1v) is 14.7. The molecule has 1 unspecified atom stereocenters. The Balaban J connectivity index is 0.000000823. The Morgan fingerprint density at radius 2 is 1.05 bits per heavy atom. The molecule has 0 amide bonds. The summed E-state index contributed by atoms with van der Waals surface area (Å²) in [6, 6.07) is 23.4. The number of benzene rings is 3. The molecular weight excluding hydrogens is 538 g/mol. The van der Waals surface area contributed by atoms with Gasteiger partial charge in [0, 0.05) is 31.4 Å². The normalized spacial score (nSPS) is 12.1. The molecule has 0 heterocycles. The summed E-state index contributed by atoms with van der Waals surface area (Å²) in [6.07, 6.45) is 2.11. The standard InChI is InChI=1S/C29H41N2.C6H7P.Ni/c1-18(2)24-13-11-14-25(19(3)4)28(24)30-22(9)17-23(10)31-29-26(20(5)6)15-12-16-27(29)21(7)8;7-6-4-2-1-3-5-6;/h11-21H,1-10H3;1-5H,7H2;/q-1;;/p+1/b22-17-,31-23?;;. The van der Waals surface area contributed by atoms with Crippen molar-refractivity contribution in [1.82, 2.24) is 0 Å². The Labute approximate surface area is 251 Å². The second kappa shape index (κ2) is 16.8. The monoisotopic (exact) mass is 586 g/mol. The number of allylic oxidation sites excluding steroid dienone is 2. The first-order valence-electron chi connectivity index (χ1n) is 14.0. The van der Waals surface area contributed by atoms with Gasteiger partial charge in [0.15, 0.2) is 0 Å². The topological polar surface area (TPSA) is 26.5 Å². The zero-order chi connectivity index (χ0) is 28.4. The van der Waals surface area contributed by atoms with Crippen LogP contribution < -0.4 is 5.30 Å². The van der Waals surface area contributed by atoms with E-state index in [-0.39, 0.29) is 16.5 Å². The fourth-order valence-corrected chi connectivity index (χ4v) is 4.75. The molecule has 0 bridgehead atoms. The maximum atomic E-state index is 5.08. The second-order valence-electron chi connectivity index (χ2n) is 11.3. The van der Waals surface area contributed by atoms with E-state index in [0.717, 1.165) is 22.8 Å². The summed E-state index contributed by atoms with van der Waals surface area (Å²) in [5.41, 5.74) is 9.45. The van der Waals surface area contributed by atoms with Crippen LogP contribution in [0.3, 0.4) is 0 Å². The van der Waals surface area contributed by atoms with Gasteiger partial charge in [0.05, 0.1) is 11.0 Å². The van der Waals surface area contributed by atoms with Crippen LogP contribution in [-0.4, -0.2) is 5.71 Å². The van der Waals surface area contributed by atoms with E-state index in [1.54, 1.807) is 0 Å². The summed E-state index contributed by atoms with van der Waals surface area (Å²) in [4.78, 5) is 5.08. The van der Waals surface area contributed by atoms with Crippen LogP contribution in [0.5, 0.6) is 0 Å². The zero-order valence-corrected chi connectivity index (χ0v) is 28.1. The fourth-order valence-electron chi connectivity index (χ4n) is 4.48. The molecule has 39 heavy (non-hydrogen) atoms. The van der Waals surface area contributed by atoms with E-state index in [1.807, 2.05) is 27.4 Å². The Morgan fingerprint density at radius 1 is 0.641 bits per heavy atom. The molecule has 0 N–H and O–H groups in total. The van der Waals surface area contributed by atoms with Crippen molar-refractivity contribution in [3.8, 4) is 0 Å². The van der Waals surface area contributed by atoms with E-state index < -0.39 is 0 Å². The van der Waals surface area contributed by atoms with Gasteiger partial charge in [0.25, 0.3) is 0 Å². The molecule has 0 aliphatic rings. The molecule has 3 rings (SSSR count). The third-order valence-corrected chi connectivity index (χ3v) is 6.99. The summed E-state index contributed by atoms with van der Waals surface area (Å²) >= 11 is 0. The molecule has 0 saturated heterocycles. The summed E-state index contributed by atoms with van der Waals surface area (Å²) in [5, 5.41) is 6.43. The Hall–Kier alpha value is -2.21. The van der Waals surface area contributed by atoms with Crippen molar-refractivity contribution < 1.29 is 16.5 Å². The van der Waals surface area contributed by atoms with E-state index in [0.29, 0.717) is 23.7 Å². The Kier molecular flexibility index (Phi) is 15.0. The largest absolute Gasteiger partial charge is 0.661 e. The van der Waals surface area contributed by atoms with E-state index >= 15 is 0 Å². The summed E-state index contributed by atoms with van der Waals surface area (Å²) < 4.78 is 0. The quantitative estimate of drug-likeness (QED) is 0.142. The average molecular weight is 587 g/mol. The first-order chi connectivity index (χ1) is 17.9. The van der Waals surface area contributed by atoms with Crippen LogP contribution in [0.25, 0.3) is 5.32 Å². The van der Waals surface area contributed by atoms with Crippen LogP contribution in [0.1, 0.15) is 115 Å². The van der Waals surface area contributed by atoms with Gasteiger partial charge in [0.2, 0.25) is 0 Å². The molecule has 0 fully saturated rings. The third kappa shape index (κ3) is 10.7.